The number of aromatic hydroxyl groups is 1. The summed E-state index contributed by atoms with van der Waals surface area (Å²) in [5.74, 6) is 0.449. The van der Waals surface area contributed by atoms with E-state index in [0.717, 1.165) is 27.6 Å². The molecule has 0 saturated carbocycles. The van der Waals surface area contributed by atoms with E-state index >= 15 is 0 Å². The van der Waals surface area contributed by atoms with Gasteiger partial charge in [-0.1, -0.05) is 42.5 Å². The van der Waals surface area contributed by atoms with Crippen molar-refractivity contribution in [2.75, 3.05) is 12.4 Å². The second-order valence-electron chi connectivity index (χ2n) is 5.99. The fraction of sp³-hybridized carbons (Fsp3) is 0.150. The summed E-state index contributed by atoms with van der Waals surface area (Å²) in [5, 5.41) is 15.0. The smallest absolute Gasteiger partial charge is 0.225 e. The minimum absolute atomic E-state index is 0.00380. The summed E-state index contributed by atoms with van der Waals surface area (Å²) in [6.07, 6.45) is 0.374. The van der Waals surface area contributed by atoms with Crippen molar-refractivity contribution in [2.45, 2.75) is 12.3 Å². The highest BCUT2D eigenvalue weighted by Crippen LogP contribution is 2.42. The number of rotatable bonds is 2. The van der Waals surface area contributed by atoms with Crippen LogP contribution in [-0.2, 0) is 4.79 Å². The molecule has 1 heterocycles. The highest BCUT2D eigenvalue weighted by Gasteiger charge is 2.28. The first-order valence-corrected chi connectivity index (χ1v) is 7.86. The van der Waals surface area contributed by atoms with Gasteiger partial charge in [0.2, 0.25) is 5.91 Å². The number of hydrogen-bond acceptors (Lipinski definition) is 3. The molecular weight excluding hydrogens is 302 g/mol. The molecule has 4 rings (SSSR count). The number of fused-ring (bicyclic) bond motifs is 3. The number of phenols is 1. The van der Waals surface area contributed by atoms with Gasteiger partial charge in [-0.25, -0.2) is 0 Å². The first kappa shape index (κ1) is 14.6. The largest absolute Gasteiger partial charge is 0.504 e. The molecule has 0 unspecified atom stereocenters. The van der Waals surface area contributed by atoms with E-state index in [1.54, 1.807) is 12.1 Å². The Morgan fingerprint density at radius 2 is 1.96 bits per heavy atom. The number of hydrogen-bond donors (Lipinski definition) is 2. The van der Waals surface area contributed by atoms with Crippen molar-refractivity contribution >= 4 is 22.4 Å². The van der Waals surface area contributed by atoms with Crippen LogP contribution in [0, 0.1) is 0 Å². The second kappa shape index (κ2) is 5.57. The van der Waals surface area contributed by atoms with Crippen molar-refractivity contribution in [2.24, 2.45) is 0 Å². The number of carbonyl (C=O) groups excluding carboxylic acids is 1. The van der Waals surface area contributed by atoms with Gasteiger partial charge in [-0.05, 0) is 28.6 Å². The summed E-state index contributed by atoms with van der Waals surface area (Å²) in [6, 6.07) is 17.4. The second-order valence-corrected chi connectivity index (χ2v) is 5.99. The molecule has 1 atom stereocenters. The summed E-state index contributed by atoms with van der Waals surface area (Å²) >= 11 is 0. The molecule has 1 aliphatic rings. The molecule has 0 saturated heterocycles. The van der Waals surface area contributed by atoms with Gasteiger partial charge in [-0.15, -0.1) is 0 Å². The van der Waals surface area contributed by atoms with E-state index in [9.17, 15) is 9.90 Å². The SMILES string of the molecule is COc1cc([C@H]2CC(=O)Nc3c2ccc2ccccc32)ccc1O. The quantitative estimate of drug-likeness (QED) is 0.750. The Balaban J connectivity index is 1.90. The molecule has 0 fully saturated rings. The van der Waals surface area contributed by atoms with Crippen LogP contribution in [0.15, 0.2) is 54.6 Å². The van der Waals surface area contributed by atoms with Crippen LogP contribution >= 0.6 is 0 Å². The van der Waals surface area contributed by atoms with E-state index in [0.29, 0.717) is 12.2 Å². The molecule has 2 N–H and O–H groups in total. The van der Waals surface area contributed by atoms with E-state index in [2.05, 4.69) is 17.4 Å². The van der Waals surface area contributed by atoms with Gasteiger partial charge in [0.05, 0.1) is 12.8 Å². The minimum Gasteiger partial charge on any atom is -0.504 e. The van der Waals surface area contributed by atoms with E-state index < -0.39 is 0 Å². The lowest BCUT2D eigenvalue weighted by Crippen LogP contribution is -2.23. The predicted octanol–water partition coefficient (Wildman–Crippen LogP) is 4.03. The fourth-order valence-electron chi connectivity index (χ4n) is 3.41. The van der Waals surface area contributed by atoms with E-state index in [-0.39, 0.29) is 17.6 Å². The molecule has 0 radical (unpaired) electrons. The number of benzene rings is 3. The van der Waals surface area contributed by atoms with Gasteiger partial charge in [-0.3, -0.25) is 4.79 Å². The average molecular weight is 319 g/mol. The van der Waals surface area contributed by atoms with Crippen LogP contribution in [0.2, 0.25) is 0 Å². The van der Waals surface area contributed by atoms with Crippen molar-refractivity contribution < 1.29 is 14.6 Å². The maximum Gasteiger partial charge on any atom is 0.225 e. The summed E-state index contributed by atoms with van der Waals surface area (Å²) in [5.41, 5.74) is 2.92. The molecule has 1 aliphatic heterocycles. The van der Waals surface area contributed by atoms with Gasteiger partial charge in [0.25, 0.3) is 0 Å². The summed E-state index contributed by atoms with van der Waals surface area (Å²) < 4.78 is 5.21. The van der Waals surface area contributed by atoms with Gasteiger partial charge >= 0.3 is 0 Å². The fourth-order valence-corrected chi connectivity index (χ4v) is 3.41. The Kier molecular flexibility index (Phi) is 3.38. The molecule has 24 heavy (non-hydrogen) atoms. The van der Waals surface area contributed by atoms with Gasteiger partial charge < -0.3 is 15.2 Å². The molecule has 1 amide bonds. The lowest BCUT2D eigenvalue weighted by atomic mass is 9.83. The monoisotopic (exact) mass is 319 g/mol. The zero-order chi connectivity index (χ0) is 16.7. The third kappa shape index (κ3) is 2.27. The zero-order valence-electron chi connectivity index (χ0n) is 13.2. The highest BCUT2D eigenvalue weighted by molar-refractivity contribution is 6.06. The number of amides is 1. The Bertz CT molecular complexity index is 949. The molecule has 0 aromatic heterocycles. The van der Waals surface area contributed by atoms with Crippen LogP contribution in [0.3, 0.4) is 0 Å². The summed E-state index contributed by atoms with van der Waals surface area (Å²) in [6.45, 7) is 0. The Hall–Kier alpha value is -3.01. The van der Waals surface area contributed by atoms with Gasteiger partial charge in [0.15, 0.2) is 11.5 Å². The van der Waals surface area contributed by atoms with Gasteiger partial charge in [-0.2, -0.15) is 0 Å². The van der Waals surface area contributed by atoms with Crippen molar-refractivity contribution in [3.8, 4) is 11.5 Å². The minimum atomic E-state index is -0.0622. The van der Waals surface area contributed by atoms with Crippen molar-refractivity contribution in [3.05, 3.63) is 65.7 Å². The third-order valence-corrected chi connectivity index (χ3v) is 4.60. The van der Waals surface area contributed by atoms with Gasteiger partial charge in [0.1, 0.15) is 0 Å². The molecule has 120 valence electrons. The lowest BCUT2D eigenvalue weighted by molar-refractivity contribution is -0.116. The molecule has 3 aromatic carbocycles. The number of phenolic OH excluding ortho intramolecular Hbond substituents is 1. The molecule has 0 spiro atoms. The van der Waals surface area contributed by atoms with E-state index in [4.69, 9.17) is 4.74 Å². The van der Waals surface area contributed by atoms with Crippen LogP contribution in [0.4, 0.5) is 5.69 Å². The number of methoxy groups -OCH3 is 1. The van der Waals surface area contributed by atoms with E-state index in [1.165, 1.54) is 7.11 Å². The predicted molar refractivity (Wildman–Crippen MR) is 93.7 cm³/mol. The van der Waals surface area contributed by atoms with Crippen molar-refractivity contribution in [3.63, 3.8) is 0 Å². The Morgan fingerprint density at radius 1 is 1.12 bits per heavy atom. The molecule has 0 aliphatic carbocycles. The van der Waals surface area contributed by atoms with Crippen LogP contribution in [0.1, 0.15) is 23.5 Å². The van der Waals surface area contributed by atoms with Crippen LogP contribution in [0.5, 0.6) is 11.5 Å². The number of ether oxygens (including phenoxy) is 1. The maximum absolute atomic E-state index is 12.3. The molecular formula is C20H17NO3. The summed E-state index contributed by atoms with van der Waals surface area (Å²) in [4.78, 5) is 12.3. The average Bonchev–Trinajstić information content (AvgIpc) is 2.61. The van der Waals surface area contributed by atoms with Crippen molar-refractivity contribution in [1.82, 2.24) is 0 Å². The molecule has 0 bridgehead atoms. The van der Waals surface area contributed by atoms with Crippen LogP contribution in [-0.4, -0.2) is 18.1 Å². The number of nitrogens with one attached hydrogen (secondary N) is 1. The third-order valence-electron chi connectivity index (χ3n) is 4.60. The topological polar surface area (TPSA) is 58.6 Å². The standard InChI is InChI=1S/C20H17NO3/c1-24-18-10-13(7-9-17(18)22)16-11-19(23)21-20-14-5-3-2-4-12(14)6-8-15(16)20/h2-10,16,22H,11H2,1H3,(H,21,23)/t16-/m1/s1. The molecule has 3 aromatic rings. The lowest BCUT2D eigenvalue weighted by Gasteiger charge is -2.27. The summed E-state index contributed by atoms with van der Waals surface area (Å²) in [7, 11) is 1.52. The van der Waals surface area contributed by atoms with Gasteiger partial charge in [0, 0.05) is 17.7 Å². The normalized spacial score (nSPS) is 16.5. The van der Waals surface area contributed by atoms with E-state index in [1.807, 2.05) is 30.3 Å². The van der Waals surface area contributed by atoms with Crippen molar-refractivity contribution in [1.29, 1.82) is 0 Å². The number of carbonyl (C=O) groups is 1. The Morgan fingerprint density at radius 3 is 2.79 bits per heavy atom. The Labute approximate surface area is 139 Å². The molecule has 4 nitrogen and oxygen atoms in total. The van der Waals surface area contributed by atoms with Crippen LogP contribution in [0.25, 0.3) is 10.8 Å². The van der Waals surface area contributed by atoms with Crippen LogP contribution < -0.4 is 10.1 Å². The first-order chi connectivity index (χ1) is 11.7. The zero-order valence-corrected chi connectivity index (χ0v) is 13.2. The first-order valence-electron chi connectivity index (χ1n) is 7.86. The maximum atomic E-state index is 12.3. The highest BCUT2D eigenvalue weighted by atomic mass is 16.5. The molecule has 4 heteroatoms. The number of anilines is 1.